The molecule has 1 N–H and O–H groups in total. The van der Waals surface area contributed by atoms with Crippen LogP contribution in [0.5, 0.6) is 11.5 Å². The minimum absolute atomic E-state index is 0.0501. The van der Waals surface area contributed by atoms with Gasteiger partial charge in [0.25, 0.3) is 0 Å². The number of carbonyl (C=O) groups is 1. The quantitative estimate of drug-likeness (QED) is 0.721. The van der Waals surface area contributed by atoms with Crippen molar-refractivity contribution in [2.75, 3.05) is 7.11 Å². The molecule has 0 aliphatic heterocycles. The number of aromatic amines is 1. The van der Waals surface area contributed by atoms with Gasteiger partial charge in [-0.1, -0.05) is 30.3 Å². The van der Waals surface area contributed by atoms with Crippen LogP contribution in [0.1, 0.15) is 23.0 Å². The van der Waals surface area contributed by atoms with Gasteiger partial charge in [-0.2, -0.15) is 0 Å². The van der Waals surface area contributed by atoms with Gasteiger partial charge in [-0.25, -0.2) is 0 Å². The fraction of sp³-hybridized carbons (Fsp3) is 0.211. The Hall–Kier alpha value is -2.75. The normalized spacial score (nSPS) is 12.1. The fourth-order valence-corrected chi connectivity index (χ4v) is 2.76. The molecule has 0 saturated heterocycles. The lowest BCUT2D eigenvalue weighted by Gasteiger charge is -2.16. The van der Waals surface area contributed by atoms with Gasteiger partial charge in [0.15, 0.2) is 17.6 Å². The molecule has 3 rings (SSSR count). The molecule has 4 heteroatoms. The highest BCUT2D eigenvalue weighted by Gasteiger charge is 2.23. The molecule has 1 heterocycles. The molecule has 23 heavy (non-hydrogen) atoms. The number of aromatic nitrogens is 1. The summed E-state index contributed by atoms with van der Waals surface area (Å²) in [4.78, 5) is 16.1. The van der Waals surface area contributed by atoms with Crippen LogP contribution in [-0.4, -0.2) is 24.0 Å². The van der Waals surface area contributed by atoms with E-state index in [1.54, 1.807) is 20.1 Å². The average Bonchev–Trinajstić information content (AvgIpc) is 2.90. The number of para-hydroxylation sites is 3. The van der Waals surface area contributed by atoms with Gasteiger partial charge in [0.2, 0.25) is 5.78 Å². The summed E-state index contributed by atoms with van der Waals surface area (Å²) >= 11 is 0. The second-order valence-electron chi connectivity index (χ2n) is 5.45. The highest BCUT2D eigenvalue weighted by molar-refractivity contribution is 6.11. The maximum Gasteiger partial charge on any atom is 0.205 e. The van der Waals surface area contributed by atoms with Crippen molar-refractivity contribution < 1.29 is 14.3 Å². The number of benzene rings is 2. The number of fused-ring (bicyclic) bond motifs is 1. The van der Waals surface area contributed by atoms with E-state index in [9.17, 15) is 4.79 Å². The van der Waals surface area contributed by atoms with E-state index in [4.69, 9.17) is 9.47 Å². The first-order chi connectivity index (χ1) is 11.1. The SMILES string of the molecule is COc1ccccc1O[C@@H](C)C(=O)c1c(C)[nH]c2ccccc12. The number of rotatable bonds is 5. The number of Topliss-reactive ketones (excluding diaryl/α,β-unsaturated/α-hetero) is 1. The van der Waals surface area contributed by atoms with Crippen LogP contribution in [0.15, 0.2) is 48.5 Å². The van der Waals surface area contributed by atoms with Crippen LogP contribution < -0.4 is 9.47 Å². The standard InChI is InChI=1S/C19H19NO3/c1-12-18(14-8-4-5-9-15(14)20-12)19(21)13(2)23-17-11-7-6-10-16(17)22-3/h4-11,13,20H,1-3H3/t13-/m0/s1. The van der Waals surface area contributed by atoms with Crippen LogP contribution in [-0.2, 0) is 0 Å². The lowest BCUT2D eigenvalue weighted by molar-refractivity contribution is 0.0815. The van der Waals surface area contributed by atoms with Crippen molar-refractivity contribution in [1.82, 2.24) is 4.98 Å². The number of nitrogens with one attached hydrogen (secondary N) is 1. The highest BCUT2D eigenvalue weighted by Crippen LogP contribution is 2.29. The summed E-state index contributed by atoms with van der Waals surface area (Å²) in [5.74, 6) is 1.13. The summed E-state index contributed by atoms with van der Waals surface area (Å²) in [7, 11) is 1.58. The Morgan fingerprint density at radius 1 is 1.04 bits per heavy atom. The molecule has 0 fully saturated rings. The molecule has 1 aromatic heterocycles. The van der Waals surface area contributed by atoms with Crippen molar-refractivity contribution in [1.29, 1.82) is 0 Å². The first-order valence-corrected chi connectivity index (χ1v) is 7.53. The third kappa shape index (κ3) is 2.80. The van der Waals surface area contributed by atoms with Crippen LogP contribution in [0.2, 0.25) is 0 Å². The molecule has 0 spiro atoms. The van der Waals surface area contributed by atoms with Gasteiger partial charge in [-0.05, 0) is 32.0 Å². The molecule has 0 aliphatic rings. The molecule has 0 amide bonds. The topological polar surface area (TPSA) is 51.3 Å². The molecule has 3 aromatic rings. The van der Waals surface area contributed by atoms with E-state index in [0.29, 0.717) is 17.1 Å². The van der Waals surface area contributed by atoms with E-state index in [1.165, 1.54) is 0 Å². The number of aryl methyl sites for hydroxylation is 1. The Balaban J connectivity index is 1.91. The van der Waals surface area contributed by atoms with E-state index in [0.717, 1.165) is 16.6 Å². The second kappa shape index (κ2) is 6.16. The molecular weight excluding hydrogens is 290 g/mol. The Morgan fingerprint density at radius 3 is 2.43 bits per heavy atom. The Morgan fingerprint density at radius 2 is 1.70 bits per heavy atom. The largest absolute Gasteiger partial charge is 0.493 e. The van der Waals surface area contributed by atoms with Crippen LogP contribution in [0.25, 0.3) is 10.9 Å². The smallest absolute Gasteiger partial charge is 0.205 e. The summed E-state index contributed by atoms with van der Waals surface area (Å²) in [6.07, 6.45) is -0.607. The molecule has 118 valence electrons. The number of H-pyrrole nitrogens is 1. The van der Waals surface area contributed by atoms with Crippen LogP contribution >= 0.6 is 0 Å². The molecule has 0 bridgehead atoms. The van der Waals surface area contributed by atoms with Gasteiger partial charge in [0.05, 0.1) is 7.11 Å². The lowest BCUT2D eigenvalue weighted by atomic mass is 10.0. The van der Waals surface area contributed by atoms with Crippen LogP contribution in [0.3, 0.4) is 0 Å². The lowest BCUT2D eigenvalue weighted by Crippen LogP contribution is -2.24. The molecule has 0 unspecified atom stereocenters. The molecule has 1 atom stereocenters. The third-order valence-corrected chi connectivity index (χ3v) is 3.88. The number of methoxy groups -OCH3 is 1. The minimum Gasteiger partial charge on any atom is -0.493 e. The number of ether oxygens (including phenoxy) is 2. The summed E-state index contributed by atoms with van der Waals surface area (Å²) in [6, 6.07) is 15.1. The van der Waals surface area contributed by atoms with Gasteiger partial charge < -0.3 is 14.5 Å². The minimum atomic E-state index is -0.607. The summed E-state index contributed by atoms with van der Waals surface area (Å²) in [6.45, 7) is 3.67. The van der Waals surface area contributed by atoms with Crippen molar-refractivity contribution >= 4 is 16.7 Å². The Labute approximate surface area is 135 Å². The monoisotopic (exact) mass is 309 g/mol. The number of hydrogen-bond donors (Lipinski definition) is 1. The first-order valence-electron chi connectivity index (χ1n) is 7.53. The molecule has 2 aromatic carbocycles. The molecule has 0 saturated carbocycles. The molecule has 0 aliphatic carbocycles. The third-order valence-electron chi connectivity index (χ3n) is 3.88. The number of carbonyl (C=O) groups excluding carboxylic acids is 1. The van der Waals surface area contributed by atoms with E-state index >= 15 is 0 Å². The van der Waals surface area contributed by atoms with Crippen molar-refractivity contribution in [3.05, 3.63) is 59.8 Å². The van der Waals surface area contributed by atoms with Gasteiger partial charge >= 0.3 is 0 Å². The molecule has 0 radical (unpaired) electrons. The zero-order valence-electron chi connectivity index (χ0n) is 13.4. The van der Waals surface area contributed by atoms with Crippen LogP contribution in [0, 0.1) is 6.92 Å². The van der Waals surface area contributed by atoms with Crippen LogP contribution in [0.4, 0.5) is 0 Å². The van der Waals surface area contributed by atoms with Crippen molar-refractivity contribution in [3.63, 3.8) is 0 Å². The van der Waals surface area contributed by atoms with Crippen molar-refractivity contribution in [2.45, 2.75) is 20.0 Å². The van der Waals surface area contributed by atoms with Crippen molar-refractivity contribution in [2.24, 2.45) is 0 Å². The molecular formula is C19H19NO3. The summed E-state index contributed by atoms with van der Waals surface area (Å²) in [5, 5.41) is 0.922. The predicted octanol–water partition coefficient (Wildman–Crippen LogP) is 4.14. The maximum absolute atomic E-state index is 12.9. The van der Waals surface area contributed by atoms with E-state index in [-0.39, 0.29) is 5.78 Å². The first kappa shape index (κ1) is 15.2. The predicted molar refractivity (Wildman–Crippen MR) is 90.5 cm³/mol. The fourth-order valence-electron chi connectivity index (χ4n) is 2.76. The second-order valence-corrected chi connectivity index (χ2v) is 5.45. The van der Waals surface area contributed by atoms with Crippen molar-refractivity contribution in [3.8, 4) is 11.5 Å². The Bertz CT molecular complexity index is 851. The zero-order valence-corrected chi connectivity index (χ0v) is 13.4. The van der Waals surface area contributed by atoms with E-state index in [1.807, 2.05) is 49.4 Å². The Kier molecular flexibility index (Phi) is 4.06. The van der Waals surface area contributed by atoms with E-state index in [2.05, 4.69) is 4.98 Å². The zero-order chi connectivity index (χ0) is 16.4. The summed E-state index contributed by atoms with van der Waals surface area (Å²) in [5.41, 5.74) is 2.49. The maximum atomic E-state index is 12.9. The van der Waals surface area contributed by atoms with E-state index < -0.39 is 6.10 Å². The summed E-state index contributed by atoms with van der Waals surface area (Å²) < 4.78 is 11.1. The number of ketones is 1. The average molecular weight is 309 g/mol. The van der Waals surface area contributed by atoms with Gasteiger partial charge in [-0.15, -0.1) is 0 Å². The van der Waals surface area contributed by atoms with Gasteiger partial charge in [-0.3, -0.25) is 4.79 Å². The number of hydrogen-bond acceptors (Lipinski definition) is 3. The van der Waals surface area contributed by atoms with Gasteiger partial charge in [0.1, 0.15) is 0 Å². The van der Waals surface area contributed by atoms with Gasteiger partial charge in [0, 0.05) is 22.2 Å². The highest BCUT2D eigenvalue weighted by atomic mass is 16.5. The molecule has 4 nitrogen and oxygen atoms in total.